The number of carbonyl (C=O) groups excluding carboxylic acids is 1. The molecule has 1 amide bonds. The predicted molar refractivity (Wildman–Crippen MR) is 127 cm³/mol. The zero-order valence-corrected chi connectivity index (χ0v) is 19.9. The Morgan fingerprint density at radius 1 is 1.26 bits per heavy atom. The Balaban J connectivity index is 1.43. The zero-order valence-electron chi connectivity index (χ0n) is 19.9. The number of rotatable bonds is 6. The molecule has 11 heteroatoms. The first-order valence-electron chi connectivity index (χ1n) is 11.1. The molecule has 0 spiro atoms. The van der Waals surface area contributed by atoms with E-state index in [4.69, 9.17) is 4.74 Å². The van der Waals surface area contributed by atoms with E-state index in [0.717, 1.165) is 16.9 Å². The second-order valence-corrected chi connectivity index (χ2v) is 8.54. The monoisotopic (exact) mass is 476 g/mol. The molecule has 1 N–H and O–H groups in total. The molecule has 1 aliphatic rings. The van der Waals surface area contributed by atoms with Crippen LogP contribution < -0.4 is 10.1 Å². The van der Waals surface area contributed by atoms with Gasteiger partial charge in [-0.1, -0.05) is 6.07 Å². The summed E-state index contributed by atoms with van der Waals surface area (Å²) in [6.45, 7) is 4.79. The molecule has 4 aromatic rings. The van der Waals surface area contributed by atoms with E-state index in [1.165, 1.54) is 13.2 Å². The maximum absolute atomic E-state index is 13.8. The van der Waals surface area contributed by atoms with Gasteiger partial charge in [0, 0.05) is 44.6 Å². The molecule has 3 aromatic heterocycles. The third kappa shape index (κ3) is 4.20. The van der Waals surface area contributed by atoms with Crippen LogP contribution in [0.1, 0.15) is 28.7 Å². The number of aromatic nitrogens is 6. The lowest BCUT2D eigenvalue weighted by molar-refractivity contribution is 0.0587. The molecule has 0 bridgehead atoms. The van der Waals surface area contributed by atoms with Crippen LogP contribution in [-0.2, 0) is 20.1 Å². The number of carbonyl (C=O) groups is 1. The Hall–Kier alpha value is -4.28. The molecule has 4 heterocycles. The third-order valence-electron chi connectivity index (χ3n) is 6.07. The SMILES string of the molecule is COc1cc(CN2C(=O)c3nc(-c4nc(Nc5ccnn5C)ncc4C)cn3CC2C)ccc1F. The zero-order chi connectivity index (χ0) is 24.7. The van der Waals surface area contributed by atoms with E-state index >= 15 is 0 Å². The van der Waals surface area contributed by atoms with Crippen LogP contribution in [0.15, 0.2) is 42.9 Å². The van der Waals surface area contributed by atoms with E-state index < -0.39 is 5.82 Å². The van der Waals surface area contributed by atoms with Crippen LogP contribution in [0.4, 0.5) is 16.2 Å². The lowest BCUT2D eigenvalue weighted by atomic mass is 10.1. The van der Waals surface area contributed by atoms with Gasteiger partial charge in [-0.2, -0.15) is 5.10 Å². The van der Waals surface area contributed by atoms with Crippen molar-refractivity contribution in [3.05, 3.63) is 65.6 Å². The molecule has 0 fully saturated rings. The molecular weight excluding hydrogens is 451 g/mol. The summed E-state index contributed by atoms with van der Waals surface area (Å²) in [4.78, 5) is 28.8. The molecule has 0 saturated heterocycles. The number of anilines is 2. The van der Waals surface area contributed by atoms with Crippen molar-refractivity contribution in [3.63, 3.8) is 0 Å². The lowest BCUT2D eigenvalue weighted by Gasteiger charge is -2.33. The molecule has 10 nitrogen and oxygen atoms in total. The average Bonchev–Trinajstić information content (AvgIpc) is 3.45. The van der Waals surface area contributed by atoms with Gasteiger partial charge < -0.3 is 19.5 Å². The van der Waals surface area contributed by atoms with E-state index in [9.17, 15) is 9.18 Å². The molecule has 35 heavy (non-hydrogen) atoms. The molecule has 5 rings (SSSR count). The number of imidazole rings is 1. The van der Waals surface area contributed by atoms with E-state index in [1.807, 2.05) is 37.7 Å². The van der Waals surface area contributed by atoms with Crippen molar-refractivity contribution >= 4 is 17.7 Å². The first kappa shape index (κ1) is 22.5. The Kier molecular flexibility index (Phi) is 5.67. The second-order valence-electron chi connectivity index (χ2n) is 8.54. The average molecular weight is 477 g/mol. The van der Waals surface area contributed by atoms with Crippen LogP contribution in [0.5, 0.6) is 5.75 Å². The van der Waals surface area contributed by atoms with Crippen LogP contribution in [0.2, 0.25) is 0 Å². The van der Waals surface area contributed by atoms with E-state index in [2.05, 4.69) is 25.4 Å². The fraction of sp³-hybridized carbons (Fsp3) is 0.292. The van der Waals surface area contributed by atoms with Crippen LogP contribution in [0, 0.1) is 12.7 Å². The van der Waals surface area contributed by atoms with Gasteiger partial charge in [-0.05, 0) is 37.1 Å². The Bertz CT molecular complexity index is 1410. The Morgan fingerprint density at radius 2 is 2.09 bits per heavy atom. The van der Waals surface area contributed by atoms with Crippen molar-refractivity contribution in [1.29, 1.82) is 0 Å². The number of halogens is 1. The van der Waals surface area contributed by atoms with Gasteiger partial charge >= 0.3 is 0 Å². The summed E-state index contributed by atoms with van der Waals surface area (Å²) in [6, 6.07) is 6.36. The van der Waals surface area contributed by atoms with Crippen molar-refractivity contribution < 1.29 is 13.9 Å². The predicted octanol–water partition coefficient (Wildman–Crippen LogP) is 3.32. The molecule has 1 unspecified atom stereocenters. The van der Waals surface area contributed by atoms with Crippen molar-refractivity contribution in [2.75, 3.05) is 12.4 Å². The van der Waals surface area contributed by atoms with Gasteiger partial charge in [0.25, 0.3) is 5.91 Å². The van der Waals surface area contributed by atoms with Gasteiger partial charge in [-0.3, -0.25) is 9.48 Å². The second kappa shape index (κ2) is 8.82. The molecule has 0 radical (unpaired) electrons. The van der Waals surface area contributed by atoms with E-state index in [1.54, 1.807) is 34.1 Å². The molecule has 0 saturated carbocycles. The summed E-state index contributed by atoms with van der Waals surface area (Å²) >= 11 is 0. The summed E-state index contributed by atoms with van der Waals surface area (Å²) in [6.07, 6.45) is 5.25. The highest BCUT2D eigenvalue weighted by Crippen LogP contribution is 2.27. The highest BCUT2D eigenvalue weighted by atomic mass is 19.1. The van der Waals surface area contributed by atoms with Crippen LogP contribution in [0.25, 0.3) is 11.4 Å². The molecular formula is C24H25FN8O2. The minimum Gasteiger partial charge on any atom is -0.494 e. The Morgan fingerprint density at radius 3 is 2.83 bits per heavy atom. The molecule has 1 atom stereocenters. The van der Waals surface area contributed by atoms with Gasteiger partial charge in [0.1, 0.15) is 11.5 Å². The lowest BCUT2D eigenvalue weighted by Crippen LogP contribution is -2.46. The number of benzene rings is 1. The number of hydrogen-bond donors (Lipinski definition) is 1. The van der Waals surface area contributed by atoms with Crippen LogP contribution in [0.3, 0.4) is 0 Å². The molecule has 1 aliphatic heterocycles. The number of methoxy groups -OCH3 is 1. The molecule has 180 valence electrons. The standard InChI is InChI=1S/C24H25FN8O2/c1-14-10-26-24(29-20-7-8-27-31(20)3)30-21(14)18-13-32-11-15(2)33(23(34)22(32)28-18)12-16-5-6-17(25)19(9-16)35-4/h5-10,13,15H,11-12H2,1-4H3,(H,26,29,30). The number of fused-ring (bicyclic) bond motifs is 1. The van der Waals surface area contributed by atoms with Gasteiger partial charge in [0.15, 0.2) is 17.4 Å². The van der Waals surface area contributed by atoms with Gasteiger partial charge in [0.2, 0.25) is 5.95 Å². The van der Waals surface area contributed by atoms with Crippen LogP contribution in [-0.4, -0.2) is 53.3 Å². The third-order valence-corrected chi connectivity index (χ3v) is 6.07. The normalized spacial score (nSPS) is 15.3. The largest absolute Gasteiger partial charge is 0.494 e. The number of hydrogen-bond acceptors (Lipinski definition) is 7. The molecule has 0 aliphatic carbocycles. The van der Waals surface area contributed by atoms with Gasteiger partial charge in [0.05, 0.1) is 19.0 Å². The number of ether oxygens (including phenoxy) is 1. The van der Waals surface area contributed by atoms with Crippen LogP contribution >= 0.6 is 0 Å². The maximum Gasteiger partial charge on any atom is 0.290 e. The number of nitrogens with one attached hydrogen (secondary N) is 1. The smallest absolute Gasteiger partial charge is 0.290 e. The van der Waals surface area contributed by atoms with Gasteiger partial charge in [-0.25, -0.2) is 19.3 Å². The van der Waals surface area contributed by atoms with Crippen molar-refractivity contribution in [3.8, 4) is 17.1 Å². The number of aryl methyl sites for hydroxylation is 2. The van der Waals surface area contributed by atoms with Gasteiger partial charge in [-0.15, -0.1) is 0 Å². The highest BCUT2D eigenvalue weighted by Gasteiger charge is 2.32. The first-order valence-corrected chi connectivity index (χ1v) is 11.1. The Labute approximate surface area is 201 Å². The quantitative estimate of drug-likeness (QED) is 0.455. The van der Waals surface area contributed by atoms with E-state index in [-0.39, 0.29) is 17.7 Å². The maximum atomic E-state index is 13.8. The number of nitrogens with zero attached hydrogens (tertiary/aromatic N) is 7. The first-order chi connectivity index (χ1) is 16.8. The van der Waals surface area contributed by atoms with E-state index in [0.29, 0.717) is 36.3 Å². The topological polar surface area (TPSA) is 103 Å². The summed E-state index contributed by atoms with van der Waals surface area (Å²) in [5.74, 6) is 1.02. The minimum atomic E-state index is -0.438. The summed E-state index contributed by atoms with van der Waals surface area (Å²) < 4.78 is 22.4. The summed E-state index contributed by atoms with van der Waals surface area (Å²) in [5, 5.41) is 7.28. The fourth-order valence-corrected chi connectivity index (χ4v) is 4.15. The van der Waals surface area contributed by atoms with Crippen molar-refractivity contribution in [2.45, 2.75) is 33.0 Å². The summed E-state index contributed by atoms with van der Waals surface area (Å²) in [7, 11) is 3.24. The highest BCUT2D eigenvalue weighted by molar-refractivity contribution is 5.92. The van der Waals surface area contributed by atoms with Crippen molar-refractivity contribution in [1.82, 2.24) is 34.2 Å². The number of amides is 1. The summed E-state index contributed by atoms with van der Waals surface area (Å²) in [5.41, 5.74) is 2.86. The fourth-order valence-electron chi connectivity index (χ4n) is 4.15. The molecule has 1 aromatic carbocycles. The minimum absolute atomic E-state index is 0.0818. The van der Waals surface area contributed by atoms with Crippen molar-refractivity contribution in [2.24, 2.45) is 7.05 Å².